The van der Waals surface area contributed by atoms with E-state index in [9.17, 15) is 4.79 Å². The lowest BCUT2D eigenvalue weighted by Crippen LogP contribution is -2.49. The van der Waals surface area contributed by atoms with Crippen molar-refractivity contribution in [3.8, 4) is 0 Å². The van der Waals surface area contributed by atoms with Gasteiger partial charge in [0.2, 0.25) is 0 Å². The number of rotatable bonds is 4. The highest BCUT2D eigenvalue weighted by Crippen LogP contribution is 2.16. The van der Waals surface area contributed by atoms with Gasteiger partial charge in [0.15, 0.2) is 0 Å². The van der Waals surface area contributed by atoms with Crippen LogP contribution in [0.4, 0.5) is 0 Å². The Balaban J connectivity index is 1.33. The Bertz CT molecular complexity index is 815. The summed E-state index contributed by atoms with van der Waals surface area (Å²) in [4.78, 5) is 24.3. The lowest BCUT2D eigenvalue weighted by Gasteiger charge is -2.34. The fourth-order valence-corrected chi connectivity index (χ4v) is 3.21. The van der Waals surface area contributed by atoms with E-state index in [1.165, 1.54) is 0 Å². The van der Waals surface area contributed by atoms with E-state index in [1.807, 2.05) is 47.9 Å². The number of imidazole rings is 1. The fourth-order valence-electron chi connectivity index (χ4n) is 3.21. The molecule has 1 aromatic carbocycles. The minimum absolute atomic E-state index is 0.126. The second-order valence-electron chi connectivity index (χ2n) is 6.21. The molecule has 0 unspecified atom stereocenters. The van der Waals surface area contributed by atoms with Crippen molar-refractivity contribution in [2.24, 2.45) is 0 Å². The molecule has 0 bridgehead atoms. The van der Waals surface area contributed by atoms with Gasteiger partial charge in [-0.15, -0.1) is 0 Å². The van der Waals surface area contributed by atoms with Crippen molar-refractivity contribution in [3.05, 3.63) is 54.7 Å². The van der Waals surface area contributed by atoms with Crippen molar-refractivity contribution < 1.29 is 4.79 Å². The Labute approximate surface area is 140 Å². The number of aromatic nitrogens is 3. The number of hydrogen-bond acceptors (Lipinski definition) is 3. The first kappa shape index (κ1) is 15.0. The zero-order valence-electron chi connectivity index (χ0n) is 13.6. The van der Waals surface area contributed by atoms with Crippen LogP contribution in [0.3, 0.4) is 0 Å². The molecule has 6 heteroatoms. The van der Waals surface area contributed by atoms with E-state index < -0.39 is 0 Å². The molecule has 3 aromatic rings. The third kappa shape index (κ3) is 3.05. The summed E-state index contributed by atoms with van der Waals surface area (Å²) in [7, 11) is 0. The zero-order valence-corrected chi connectivity index (χ0v) is 13.6. The molecule has 0 aliphatic carbocycles. The molecular formula is C18H21N5O. The van der Waals surface area contributed by atoms with Gasteiger partial charge in [-0.1, -0.05) is 6.07 Å². The van der Waals surface area contributed by atoms with Gasteiger partial charge in [0, 0.05) is 68.9 Å². The minimum Gasteiger partial charge on any atom is -0.361 e. The van der Waals surface area contributed by atoms with E-state index in [4.69, 9.17) is 0 Å². The number of hydrogen-bond donors (Lipinski definition) is 1. The maximum Gasteiger partial charge on any atom is 0.254 e. The topological polar surface area (TPSA) is 57.2 Å². The Kier molecular flexibility index (Phi) is 4.04. The van der Waals surface area contributed by atoms with E-state index in [0.29, 0.717) is 0 Å². The van der Waals surface area contributed by atoms with Crippen LogP contribution in [0.5, 0.6) is 0 Å². The first-order valence-electron chi connectivity index (χ1n) is 8.34. The highest BCUT2D eigenvalue weighted by Gasteiger charge is 2.22. The third-order valence-corrected chi connectivity index (χ3v) is 4.70. The highest BCUT2D eigenvalue weighted by atomic mass is 16.2. The number of amides is 1. The summed E-state index contributed by atoms with van der Waals surface area (Å²) in [6, 6.07) is 7.88. The average molecular weight is 323 g/mol. The molecule has 6 nitrogen and oxygen atoms in total. The van der Waals surface area contributed by atoms with E-state index in [2.05, 4.69) is 19.4 Å². The Morgan fingerprint density at radius 3 is 2.79 bits per heavy atom. The molecule has 1 aliphatic heterocycles. The molecule has 24 heavy (non-hydrogen) atoms. The minimum atomic E-state index is 0.126. The maximum absolute atomic E-state index is 12.7. The predicted molar refractivity (Wildman–Crippen MR) is 92.9 cm³/mol. The molecular weight excluding hydrogens is 302 g/mol. The predicted octanol–water partition coefficient (Wildman–Crippen LogP) is 1.82. The second-order valence-corrected chi connectivity index (χ2v) is 6.21. The van der Waals surface area contributed by atoms with E-state index >= 15 is 0 Å². The van der Waals surface area contributed by atoms with Gasteiger partial charge in [-0.2, -0.15) is 0 Å². The number of benzene rings is 1. The van der Waals surface area contributed by atoms with Gasteiger partial charge in [-0.3, -0.25) is 9.69 Å². The van der Waals surface area contributed by atoms with Gasteiger partial charge in [-0.05, 0) is 23.6 Å². The average Bonchev–Trinajstić information content (AvgIpc) is 3.30. The van der Waals surface area contributed by atoms with E-state index in [-0.39, 0.29) is 5.91 Å². The van der Waals surface area contributed by atoms with Gasteiger partial charge in [0.25, 0.3) is 5.91 Å². The van der Waals surface area contributed by atoms with Crippen molar-refractivity contribution in [1.29, 1.82) is 0 Å². The number of nitrogens with one attached hydrogen (secondary N) is 1. The van der Waals surface area contributed by atoms with Crippen molar-refractivity contribution >= 4 is 16.8 Å². The van der Waals surface area contributed by atoms with Crippen molar-refractivity contribution in [2.45, 2.75) is 6.54 Å². The van der Waals surface area contributed by atoms with Gasteiger partial charge >= 0.3 is 0 Å². The molecule has 4 rings (SSSR count). The standard InChI is InChI=1S/C18H21N5O/c24-18(16-2-1-15-3-4-20-17(15)13-16)23-11-9-21(10-12-23)7-8-22-6-5-19-14-22/h1-6,13-14,20H,7-12H2. The summed E-state index contributed by atoms with van der Waals surface area (Å²) in [5.41, 5.74) is 1.77. The van der Waals surface area contributed by atoms with Crippen molar-refractivity contribution in [2.75, 3.05) is 32.7 Å². The Morgan fingerprint density at radius 2 is 2.00 bits per heavy atom. The molecule has 124 valence electrons. The first-order valence-corrected chi connectivity index (χ1v) is 8.34. The van der Waals surface area contributed by atoms with Crippen LogP contribution in [-0.2, 0) is 6.54 Å². The summed E-state index contributed by atoms with van der Waals surface area (Å²) >= 11 is 0. The highest BCUT2D eigenvalue weighted by molar-refractivity contribution is 5.98. The largest absolute Gasteiger partial charge is 0.361 e. The number of carbonyl (C=O) groups excluding carboxylic acids is 1. The van der Waals surface area contributed by atoms with Crippen LogP contribution < -0.4 is 0 Å². The van der Waals surface area contributed by atoms with Crippen LogP contribution in [0.2, 0.25) is 0 Å². The van der Waals surface area contributed by atoms with E-state index in [1.54, 1.807) is 6.20 Å². The Hall–Kier alpha value is -2.60. The van der Waals surface area contributed by atoms with Crippen LogP contribution in [0, 0.1) is 0 Å². The number of H-pyrrole nitrogens is 1. The smallest absolute Gasteiger partial charge is 0.254 e. The number of aromatic amines is 1. The van der Waals surface area contributed by atoms with Crippen LogP contribution in [0.1, 0.15) is 10.4 Å². The van der Waals surface area contributed by atoms with Crippen LogP contribution >= 0.6 is 0 Å². The Morgan fingerprint density at radius 1 is 1.12 bits per heavy atom. The summed E-state index contributed by atoms with van der Waals surface area (Å²) in [6.45, 7) is 5.34. The quantitative estimate of drug-likeness (QED) is 0.797. The number of carbonyl (C=O) groups is 1. The lowest BCUT2D eigenvalue weighted by atomic mass is 10.1. The molecule has 0 spiro atoms. The molecule has 3 heterocycles. The molecule has 1 amide bonds. The van der Waals surface area contributed by atoms with Crippen molar-refractivity contribution in [3.63, 3.8) is 0 Å². The maximum atomic E-state index is 12.7. The summed E-state index contributed by atoms with van der Waals surface area (Å²) in [5.74, 6) is 0.126. The molecule has 0 atom stereocenters. The van der Waals surface area contributed by atoms with E-state index in [0.717, 1.165) is 55.7 Å². The van der Waals surface area contributed by atoms with Gasteiger partial charge in [-0.25, -0.2) is 4.98 Å². The van der Waals surface area contributed by atoms with Crippen molar-refractivity contribution in [1.82, 2.24) is 24.3 Å². The normalized spacial score (nSPS) is 15.9. The number of fused-ring (bicyclic) bond motifs is 1. The monoisotopic (exact) mass is 323 g/mol. The second kappa shape index (κ2) is 6.49. The van der Waals surface area contributed by atoms with Crippen LogP contribution in [0.15, 0.2) is 49.2 Å². The zero-order chi connectivity index (χ0) is 16.4. The molecule has 0 radical (unpaired) electrons. The van der Waals surface area contributed by atoms with Crippen LogP contribution in [-0.4, -0.2) is 63.0 Å². The number of nitrogens with zero attached hydrogens (tertiary/aromatic N) is 4. The SMILES string of the molecule is O=C(c1ccc2cc[nH]c2c1)N1CCN(CCn2ccnc2)CC1. The summed E-state index contributed by atoms with van der Waals surface area (Å²) in [5, 5.41) is 1.14. The molecule has 2 aromatic heterocycles. The van der Waals surface area contributed by atoms with Crippen LogP contribution in [0.25, 0.3) is 10.9 Å². The third-order valence-electron chi connectivity index (χ3n) is 4.70. The lowest BCUT2D eigenvalue weighted by molar-refractivity contribution is 0.0633. The number of piperazine rings is 1. The molecule has 1 aliphatic rings. The molecule has 0 saturated carbocycles. The molecule has 1 N–H and O–H groups in total. The summed E-state index contributed by atoms with van der Waals surface area (Å²) < 4.78 is 2.09. The van der Waals surface area contributed by atoms with Gasteiger partial charge < -0.3 is 14.5 Å². The first-order chi connectivity index (χ1) is 11.8. The molecule has 1 saturated heterocycles. The molecule has 1 fully saturated rings. The van der Waals surface area contributed by atoms with Gasteiger partial charge in [0.1, 0.15) is 0 Å². The summed E-state index contributed by atoms with van der Waals surface area (Å²) in [6.07, 6.45) is 7.53. The van der Waals surface area contributed by atoms with Gasteiger partial charge in [0.05, 0.1) is 6.33 Å². The fraction of sp³-hybridized carbons (Fsp3) is 0.333.